The molecule has 1 N–H and O–H groups in total. The van der Waals surface area contributed by atoms with E-state index in [1.54, 1.807) is 0 Å². The number of hydrogen-bond donors (Lipinski definition) is 1. The average Bonchev–Trinajstić information content (AvgIpc) is 3.35. The van der Waals surface area contributed by atoms with Gasteiger partial charge in [-0.05, 0) is 61.9 Å². The van der Waals surface area contributed by atoms with Crippen molar-refractivity contribution in [2.45, 2.75) is 39.3 Å². The number of anilines is 1. The van der Waals surface area contributed by atoms with Crippen LogP contribution < -0.4 is 5.32 Å². The number of piperazine rings is 1. The zero-order valence-electron chi connectivity index (χ0n) is 21.2. The monoisotopic (exact) mass is 502 g/mol. The van der Waals surface area contributed by atoms with Crippen molar-refractivity contribution < 1.29 is 9.59 Å². The predicted molar refractivity (Wildman–Crippen MR) is 146 cm³/mol. The Kier molecular flexibility index (Phi) is 7.12. The number of fused-ring (bicyclic) bond motifs is 1. The standard InChI is InChI=1S/C29H34N4O2S/c1-20-4-8-23(9-5-20)28-25-13-17-36-26(25)12-14-32(28)19-27(34)31-15-16-33(22(3)18-31)29(35)30-24-10-6-21(2)7-11-24/h4-11,13,17,22,28H,12,14-16,18-19H2,1-3H3,(H,30,35)/t22-,28+/m1/s1. The number of nitrogens with zero attached hydrogens (tertiary/aromatic N) is 3. The van der Waals surface area contributed by atoms with Crippen LogP contribution in [0, 0.1) is 13.8 Å². The molecular formula is C29H34N4O2S. The van der Waals surface area contributed by atoms with E-state index in [1.165, 1.54) is 21.6 Å². The fraction of sp³-hybridized carbons (Fsp3) is 0.379. The molecule has 0 aliphatic carbocycles. The molecule has 2 atom stereocenters. The normalized spacial score (nSPS) is 20.2. The molecule has 2 aromatic carbocycles. The Labute approximate surface area is 217 Å². The molecule has 3 aromatic rings. The maximum Gasteiger partial charge on any atom is 0.322 e. The number of hydrogen-bond acceptors (Lipinski definition) is 4. The van der Waals surface area contributed by atoms with E-state index in [9.17, 15) is 9.59 Å². The van der Waals surface area contributed by atoms with Gasteiger partial charge in [0.1, 0.15) is 0 Å². The van der Waals surface area contributed by atoms with Crippen molar-refractivity contribution in [1.82, 2.24) is 14.7 Å². The third-order valence-electron chi connectivity index (χ3n) is 7.34. The lowest BCUT2D eigenvalue weighted by Gasteiger charge is -2.41. The first kappa shape index (κ1) is 24.5. The van der Waals surface area contributed by atoms with E-state index in [2.05, 4.69) is 52.9 Å². The van der Waals surface area contributed by atoms with Crippen LogP contribution in [0.2, 0.25) is 0 Å². The number of rotatable bonds is 4. The molecule has 3 amide bonds. The van der Waals surface area contributed by atoms with Gasteiger partial charge < -0.3 is 15.1 Å². The van der Waals surface area contributed by atoms with Crippen molar-refractivity contribution in [2.24, 2.45) is 0 Å². The second-order valence-corrected chi connectivity index (χ2v) is 11.0. The fourth-order valence-corrected chi connectivity index (χ4v) is 6.17. The fourth-order valence-electron chi connectivity index (χ4n) is 5.27. The summed E-state index contributed by atoms with van der Waals surface area (Å²) >= 11 is 1.81. The lowest BCUT2D eigenvalue weighted by molar-refractivity contribution is -0.135. The van der Waals surface area contributed by atoms with E-state index in [1.807, 2.05) is 59.2 Å². The van der Waals surface area contributed by atoms with Gasteiger partial charge in [0.25, 0.3) is 0 Å². The maximum absolute atomic E-state index is 13.5. The van der Waals surface area contributed by atoms with Gasteiger partial charge in [0, 0.05) is 42.8 Å². The van der Waals surface area contributed by atoms with Gasteiger partial charge in [0.05, 0.1) is 12.6 Å². The molecule has 1 fully saturated rings. The van der Waals surface area contributed by atoms with Gasteiger partial charge in [-0.1, -0.05) is 47.5 Å². The summed E-state index contributed by atoms with van der Waals surface area (Å²) in [5, 5.41) is 5.16. The van der Waals surface area contributed by atoms with Crippen LogP contribution >= 0.6 is 11.3 Å². The van der Waals surface area contributed by atoms with Gasteiger partial charge in [0.2, 0.25) is 5.91 Å². The molecule has 0 radical (unpaired) electrons. The molecule has 3 heterocycles. The summed E-state index contributed by atoms with van der Waals surface area (Å²) in [7, 11) is 0. The molecular weight excluding hydrogens is 468 g/mol. The van der Waals surface area contributed by atoms with Crippen LogP contribution in [-0.2, 0) is 11.2 Å². The molecule has 2 aliphatic rings. The highest BCUT2D eigenvalue weighted by Crippen LogP contribution is 2.37. The van der Waals surface area contributed by atoms with E-state index in [0.29, 0.717) is 26.2 Å². The topological polar surface area (TPSA) is 55.9 Å². The molecule has 0 bridgehead atoms. The first-order chi connectivity index (χ1) is 17.4. The number of carbonyl (C=O) groups excluding carboxylic acids is 2. The van der Waals surface area contributed by atoms with Crippen LogP contribution in [0.1, 0.15) is 40.1 Å². The summed E-state index contributed by atoms with van der Waals surface area (Å²) in [5.74, 6) is 0.135. The number of carbonyl (C=O) groups is 2. The SMILES string of the molecule is Cc1ccc(NC(=O)N2CCN(C(=O)CN3CCc4sccc4[C@@H]3c3ccc(C)cc3)C[C@H]2C)cc1. The molecule has 1 saturated heterocycles. The van der Waals surface area contributed by atoms with Crippen molar-refractivity contribution in [3.63, 3.8) is 0 Å². The van der Waals surface area contributed by atoms with E-state index in [-0.39, 0.29) is 24.0 Å². The van der Waals surface area contributed by atoms with Crippen LogP contribution in [0.25, 0.3) is 0 Å². The number of nitrogens with one attached hydrogen (secondary N) is 1. The van der Waals surface area contributed by atoms with Gasteiger partial charge in [-0.3, -0.25) is 9.69 Å². The number of thiophene rings is 1. The lowest BCUT2D eigenvalue weighted by atomic mass is 9.92. The van der Waals surface area contributed by atoms with Crippen molar-refractivity contribution in [1.29, 1.82) is 0 Å². The van der Waals surface area contributed by atoms with E-state index < -0.39 is 0 Å². The number of amides is 3. The molecule has 36 heavy (non-hydrogen) atoms. The predicted octanol–water partition coefficient (Wildman–Crippen LogP) is 5.08. The van der Waals surface area contributed by atoms with Crippen LogP contribution in [0.5, 0.6) is 0 Å². The summed E-state index contributed by atoms with van der Waals surface area (Å²) in [6, 6.07) is 18.6. The summed E-state index contributed by atoms with van der Waals surface area (Å²) in [5.41, 5.74) is 5.74. The Bertz CT molecular complexity index is 1220. The quantitative estimate of drug-likeness (QED) is 0.542. The zero-order valence-corrected chi connectivity index (χ0v) is 22.1. The van der Waals surface area contributed by atoms with Gasteiger partial charge in [0.15, 0.2) is 0 Å². The molecule has 1 aromatic heterocycles. The first-order valence-electron chi connectivity index (χ1n) is 12.7. The van der Waals surface area contributed by atoms with Crippen molar-refractivity contribution in [3.05, 3.63) is 87.1 Å². The molecule has 6 nitrogen and oxygen atoms in total. The molecule has 2 aliphatic heterocycles. The smallest absolute Gasteiger partial charge is 0.322 e. The van der Waals surface area contributed by atoms with Crippen LogP contribution in [0.15, 0.2) is 60.0 Å². The maximum atomic E-state index is 13.5. The van der Waals surface area contributed by atoms with E-state index >= 15 is 0 Å². The number of benzene rings is 2. The van der Waals surface area contributed by atoms with Crippen LogP contribution in [0.4, 0.5) is 10.5 Å². The van der Waals surface area contributed by atoms with Crippen molar-refractivity contribution in [3.8, 4) is 0 Å². The van der Waals surface area contributed by atoms with Crippen LogP contribution in [0.3, 0.4) is 0 Å². The van der Waals surface area contributed by atoms with E-state index in [4.69, 9.17) is 0 Å². The minimum Gasteiger partial charge on any atom is -0.338 e. The van der Waals surface area contributed by atoms with Crippen LogP contribution in [-0.4, -0.2) is 65.4 Å². The van der Waals surface area contributed by atoms with Gasteiger partial charge in [-0.25, -0.2) is 4.79 Å². The second-order valence-electron chi connectivity index (χ2n) is 10.0. The highest BCUT2D eigenvalue weighted by Gasteiger charge is 2.34. The molecule has 0 unspecified atom stereocenters. The molecule has 7 heteroatoms. The Hall–Kier alpha value is -3.16. The minimum atomic E-state index is -0.112. The largest absolute Gasteiger partial charge is 0.338 e. The summed E-state index contributed by atoms with van der Waals surface area (Å²) in [6.07, 6.45) is 0.978. The Morgan fingerprint density at radius 1 is 0.944 bits per heavy atom. The number of aryl methyl sites for hydroxylation is 2. The third kappa shape index (κ3) is 5.18. The minimum absolute atomic E-state index is 0.0501. The van der Waals surface area contributed by atoms with Gasteiger partial charge in [-0.15, -0.1) is 11.3 Å². The molecule has 5 rings (SSSR count). The first-order valence-corrected chi connectivity index (χ1v) is 13.6. The molecule has 188 valence electrons. The molecule has 0 saturated carbocycles. The Balaban J connectivity index is 1.23. The number of urea groups is 1. The summed E-state index contributed by atoms with van der Waals surface area (Å²) in [4.78, 5) is 33.8. The molecule has 0 spiro atoms. The highest BCUT2D eigenvalue weighted by atomic mass is 32.1. The van der Waals surface area contributed by atoms with Gasteiger partial charge in [-0.2, -0.15) is 0 Å². The zero-order chi connectivity index (χ0) is 25.2. The van der Waals surface area contributed by atoms with Gasteiger partial charge >= 0.3 is 6.03 Å². The summed E-state index contributed by atoms with van der Waals surface area (Å²) in [6.45, 7) is 9.02. The highest BCUT2D eigenvalue weighted by molar-refractivity contribution is 7.10. The second kappa shape index (κ2) is 10.4. The average molecular weight is 503 g/mol. The summed E-state index contributed by atoms with van der Waals surface area (Å²) < 4.78 is 0. The Morgan fingerprint density at radius 2 is 1.64 bits per heavy atom. The van der Waals surface area contributed by atoms with Crippen molar-refractivity contribution in [2.75, 3.05) is 38.0 Å². The Morgan fingerprint density at radius 3 is 2.33 bits per heavy atom. The van der Waals surface area contributed by atoms with Crippen molar-refractivity contribution >= 4 is 29.0 Å². The van der Waals surface area contributed by atoms with E-state index in [0.717, 1.165) is 24.2 Å². The third-order valence-corrected chi connectivity index (χ3v) is 8.34. The lowest BCUT2D eigenvalue weighted by Crippen LogP contribution is -2.58.